The van der Waals surface area contributed by atoms with E-state index in [2.05, 4.69) is 5.48 Å². The van der Waals surface area contributed by atoms with E-state index in [1.807, 2.05) is 18.7 Å². The average Bonchev–Trinajstić information content (AvgIpc) is 1.61. The fourth-order valence-electron chi connectivity index (χ4n) is 0.473. The Morgan fingerprint density at radius 1 is 1.71 bits per heavy atom. The van der Waals surface area contributed by atoms with Crippen LogP contribution in [0, 0.1) is 0 Å². The Labute approximate surface area is 47.2 Å². The maximum Gasteiger partial charge on any atom is 0.0582 e. The maximum atomic E-state index is 8.38. The van der Waals surface area contributed by atoms with E-state index in [-0.39, 0.29) is 5.54 Å². The van der Waals surface area contributed by atoms with Crippen LogP contribution in [0.2, 0.25) is 0 Å². The molecular weight excluding hydrogens is 110 g/mol. The van der Waals surface area contributed by atoms with E-state index in [0.29, 0.717) is 0 Å². The van der Waals surface area contributed by atoms with Gasteiger partial charge < -0.3 is 5.21 Å². The van der Waals surface area contributed by atoms with Gasteiger partial charge in [-0.3, -0.25) is 0 Å². The minimum Gasteiger partial charge on any atom is -0.316 e. The summed E-state index contributed by atoms with van der Waals surface area (Å²) in [5, 5.41) is 8.38. The Morgan fingerprint density at radius 2 is 2.29 bits per heavy atom. The van der Waals surface area contributed by atoms with E-state index in [4.69, 9.17) is 5.21 Å². The lowest BCUT2D eigenvalue weighted by atomic mass is 10.1. The Bertz CT molecular complexity index is 66.6. The molecule has 2 N–H and O–H groups in total. The van der Waals surface area contributed by atoms with Crippen LogP contribution in [0.4, 0.5) is 0 Å². The third-order valence-electron chi connectivity index (χ3n) is 1.11. The van der Waals surface area contributed by atoms with Crippen molar-refractivity contribution in [2.24, 2.45) is 0 Å². The van der Waals surface area contributed by atoms with Crippen LogP contribution in [-0.4, -0.2) is 22.3 Å². The highest BCUT2D eigenvalue weighted by Gasteiger charge is 2.31. The number of nitrogens with one attached hydrogen (secondary N) is 1. The third kappa shape index (κ3) is 0.900. The van der Waals surface area contributed by atoms with Crippen molar-refractivity contribution in [3.8, 4) is 0 Å². The van der Waals surface area contributed by atoms with Crippen molar-refractivity contribution in [1.29, 1.82) is 0 Å². The molecule has 1 heterocycles. The van der Waals surface area contributed by atoms with E-state index in [1.54, 1.807) is 0 Å². The van der Waals surface area contributed by atoms with E-state index in [0.717, 1.165) is 11.5 Å². The van der Waals surface area contributed by atoms with Crippen molar-refractivity contribution < 1.29 is 5.21 Å². The first-order chi connectivity index (χ1) is 3.27. The smallest absolute Gasteiger partial charge is 0.0582 e. The van der Waals surface area contributed by atoms with Gasteiger partial charge in [-0.15, -0.1) is 0 Å². The van der Waals surface area contributed by atoms with Crippen LogP contribution < -0.4 is 5.48 Å². The molecule has 0 aromatic heterocycles. The van der Waals surface area contributed by atoms with Crippen LogP contribution in [0.3, 0.4) is 0 Å². The molecule has 7 heavy (non-hydrogen) atoms. The minimum atomic E-state index is 0.0324. The molecule has 0 atom stereocenters. The minimum absolute atomic E-state index is 0.0324. The SMILES string of the molecule is CC1(NO)CSC1. The lowest BCUT2D eigenvalue weighted by Gasteiger charge is -2.35. The molecule has 0 aliphatic carbocycles. The first kappa shape index (κ1) is 5.41. The lowest BCUT2D eigenvalue weighted by molar-refractivity contribution is 0.0910. The van der Waals surface area contributed by atoms with Gasteiger partial charge in [-0.1, -0.05) is 0 Å². The van der Waals surface area contributed by atoms with Crippen molar-refractivity contribution in [2.45, 2.75) is 12.5 Å². The number of rotatable bonds is 1. The van der Waals surface area contributed by atoms with Crippen LogP contribution >= 0.6 is 11.8 Å². The summed E-state index contributed by atoms with van der Waals surface area (Å²) in [7, 11) is 0. The van der Waals surface area contributed by atoms with Gasteiger partial charge in [-0.25, -0.2) is 0 Å². The van der Waals surface area contributed by atoms with E-state index < -0.39 is 0 Å². The van der Waals surface area contributed by atoms with Crippen LogP contribution in [0.1, 0.15) is 6.92 Å². The van der Waals surface area contributed by atoms with Gasteiger partial charge in [0.2, 0.25) is 0 Å². The second-order valence-electron chi connectivity index (χ2n) is 2.17. The molecule has 1 rings (SSSR count). The number of hydrogen-bond acceptors (Lipinski definition) is 3. The summed E-state index contributed by atoms with van der Waals surface area (Å²) < 4.78 is 0. The summed E-state index contributed by atoms with van der Waals surface area (Å²) in [6.07, 6.45) is 0. The predicted octanol–water partition coefficient (Wildman–Crippen LogP) is 0.471. The molecule has 0 saturated carbocycles. The summed E-state index contributed by atoms with van der Waals surface area (Å²) in [6, 6.07) is 0. The van der Waals surface area contributed by atoms with Gasteiger partial charge in [-0.2, -0.15) is 17.2 Å². The highest BCUT2D eigenvalue weighted by Crippen LogP contribution is 2.27. The molecule has 42 valence electrons. The third-order valence-corrected chi connectivity index (χ3v) is 2.79. The number of hydrogen-bond donors (Lipinski definition) is 2. The molecule has 3 heteroatoms. The Morgan fingerprint density at radius 3 is 2.29 bits per heavy atom. The molecular formula is C4H9NOS. The molecule has 1 saturated heterocycles. The molecule has 1 aliphatic rings. The van der Waals surface area contributed by atoms with E-state index >= 15 is 0 Å². The molecule has 2 nitrogen and oxygen atoms in total. The Balaban J connectivity index is 2.29. The maximum absolute atomic E-state index is 8.38. The molecule has 0 radical (unpaired) electrons. The van der Waals surface area contributed by atoms with Crippen molar-refractivity contribution in [3.05, 3.63) is 0 Å². The highest BCUT2D eigenvalue weighted by atomic mass is 32.2. The van der Waals surface area contributed by atoms with Crippen LogP contribution in [0.15, 0.2) is 0 Å². The normalized spacial score (nSPS) is 26.6. The zero-order valence-electron chi connectivity index (χ0n) is 4.27. The largest absolute Gasteiger partial charge is 0.316 e. The van der Waals surface area contributed by atoms with Crippen molar-refractivity contribution >= 4 is 11.8 Å². The van der Waals surface area contributed by atoms with E-state index in [1.165, 1.54) is 0 Å². The van der Waals surface area contributed by atoms with Gasteiger partial charge in [0.25, 0.3) is 0 Å². The first-order valence-corrected chi connectivity index (χ1v) is 3.41. The molecule has 0 spiro atoms. The molecule has 1 aliphatic heterocycles. The molecule has 1 fully saturated rings. The Kier molecular flexibility index (Phi) is 1.28. The standard InChI is InChI=1S/C4H9NOS/c1-4(5-6)2-7-3-4/h5-6H,2-3H2,1H3. The summed E-state index contributed by atoms with van der Waals surface area (Å²) in [5.74, 6) is 2.06. The van der Waals surface area contributed by atoms with Crippen molar-refractivity contribution in [2.75, 3.05) is 11.5 Å². The molecule has 0 unspecified atom stereocenters. The zero-order valence-corrected chi connectivity index (χ0v) is 5.09. The Hall–Kier alpha value is 0.270. The average molecular weight is 119 g/mol. The summed E-state index contributed by atoms with van der Waals surface area (Å²) in [6.45, 7) is 2.00. The van der Waals surface area contributed by atoms with Gasteiger partial charge in [0, 0.05) is 11.5 Å². The summed E-state index contributed by atoms with van der Waals surface area (Å²) >= 11 is 1.85. The van der Waals surface area contributed by atoms with Gasteiger partial charge in [0.05, 0.1) is 5.54 Å². The summed E-state index contributed by atoms with van der Waals surface area (Å²) in [4.78, 5) is 0. The molecule has 0 aromatic rings. The fraction of sp³-hybridized carbons (Fsp3) is 1.00. The first-order valence-electron chi connectivity index (χ1n) is 2.26. The van der Waals surface area contributed by atoms with Gasteiger partial charge in [0.1, 0.15) is 0 Å². The molecule has 0 amide bonds. The van der Waals surface area contributed by atoms with Crippen LogP contribution in [0.5, 0.6) is 0 Å². The predicted molar refractivity (Wildman–Crippen MR) is 30.7 cm³/mol. The highest BCUT2D eigenvalue weighted by molar-refractivity contribution is 8.00. The fourth-order valence-corrected chi connectivity index (χ4v) is 1.42. The van der Waals surface area contributed by atoms with Crippen LogP contribution in [0.25, 0.3) is 0 Å². The zero-order chi connectivity index (χ0) is 5.33. The number of thioether (sulfide) groups is 1. The quantitative estimate of drug-likeness (QED) is 0.492. The van der Waals surface area contributed by atoms with Gasteiger partial charge in [0.15, 0.2) is 0 Å². The second kappa shape index (κ2) is 1.65. The van der Waals surface area contributed by atoms with Gasteiger partial charge in [-0.05, 0) is 6.92 Å². The summed E-state index contributed by atoms with van der Waals surface area (Å²) in [5.41, 5.74) is 2.29. The molecule has 0 aromatic carbocycles. The lowest BCUT2D eigenvalue weighted by Crippen LogP contribution is -2.51. The molecule has 0 bridgehead atoms. The van der Waals surface area contributed by atoms with Gasteiger partial charge >= 0.3 is 0 Å². The second-order valence-corrected chi connectivity index (χ2v) is 3.15. The van der Waals surface area contributed by atoms with Crippen molar-refractivity contribution in [1.82, 2.24) is 5.48 Å². The van der Waals surface area contributed by atoms with Crippen LogP contribution in [-0.2, 0) is 0 Å². The number of hydroxylamine groups is 1. The van der Waals surface area contributed by atoms with Crippen molar-refractivity contribution in [3.63, 3.8) is 0 Å². The van der Waals surface area contributed by atoms with E-state index in [9.17, 15) is 0 Å². The monoisotopic (exact) mass is 119 g/mol. The topological polar surface area (TPSA) is 32.3 Å².